The van der Waals surface area contributed by atoms with Crippen LogP contribution in [0.25, 0.3) is 0 Å². The summed E-state index contributed by atoms with van der Waals surface area (Å²) in [4.78, 5) is 11.6. The number of ketones is 1. The Bertz CT molecular complexity index is 910. The van der Waals surface area contributed by atoms with Crippen molar-refractivity contribution < 1.29 is 37.1 Å². The van der Waals surface area contributed by atoms with Gasteiger partial charge >= 0.3 is 0 Å². The molecule has 2 aliphatic carbocycles. The summed E-state index contributed by atoms with van der Waals surface area (Å²) in [5, 5.41) is 2.41. The van der Waals surface area contributed by atoms with E-state index in [0.717, 1.165) is 30.9 Å². The third kappa shape index (κ3) is 3.77. The van der Waals surface area contributed by atoms with Gasteiger partial charge in [0.15, 0.2) is 17.3 Å². The summed E-state index contributed by atoms with van der Waals surface area (Å²) in [5.41, 5.74) is 3.68. The highest BCUT2D eigenvalue weighted by Crippen LogP contribution is 2.55. The highest BCUT2D eigenvalue weighted by molar-refractivity contribution is 7.79. The average Bonchev–Trinajstić information content (AvgIpc) is 2.92. The minimum absolute atomic E-state index is 0.0524. The fraction of sp³-hybridized carbons (Fsp3) is 0.389. The monoisotopic (exact) mass is 395 g/mol. The molecular weight excluding hydrogens is 374 g/mol. The average molecular weight is 395 g/mol. The van der Waals surface area contributed by atoms with Gasteiger partial charge < -0.3 is 19.3 Å². The molecule has 0 saturated carbocycles. The van der Waals surface area contributed by atoms with E-state index in [1.165, 1.54) is 16.7 Å². The van der Waals surface area contributed by atoms with Gasteiger partial charge in [0.05, 0.1) is 20.8 Å². The van der Waals surface area contributed by atoms with E-state index in [1.807, 2.05) is 12.2 Å². The van der Waals surface area contributed by atoms with Crippen molar-refractivity contribution in [1.82, 2.24) is 0 Å². The maximum Gasteiger partial charge on any atom is 0.215 e. The molecule has 4 rings (SSSR count). The van der Waals surface area contributed by atoms with Gasteiger partial charge in [-0.15, -0.1) is 0 Å². The minimum Gasteiger partial charge on any atom is -0.726 e. The number of carbonyl (C=O) groups excluding carboxylic acids is 1. The Balaban J connectivity index is 0.000000376. The number of rotatable bonds is 2. The zero-order chi connectivity index (χ0) is 19.8. The largest absolute Gasteiger partial charge is 0.726 e. The smallest absolute Gasteiger partial charge is 0.215 e. The van der Waals surface area contributed by atoms with Crippen LogP contribution in [0.3, 0.4) is 0 Å². The molecule has 8 nitrogen and oxygen atoms in total. The molecular formula is C18H21NO7S. The van der Waals surface area contributed by atoms with Gasteiger partial charge in [-0.2, -0.15) is 0 Å². The van der Waals surface area contributed by atoms with E-state index in [4.69, 9.17) is 27.0 Å². The zero-order valence-corrected chi connectivity index (χ0v) is 15.8. The molecule has 0 saturated heterocycles. The van der Waals surface area contributed by atoms with Crippen molar-refractivity contribution in [2.75, 3.05) is 20.8 Å². The normalized spacial score (nSPS) is 21.5. The molecule has 3 N–H and O–H groups in total. The topological polar surface area (TPSA) is 130 Å². The van der Waals surface area contributed by atoms with Crippen LogP contribution in [0.15, 0.2) is 30.4 Å². The van der Waals surface area contributed by atoms with Crippen LogP contribution in [-0.4, -0.2) is 44.1 Å². The SMILES string of the molecule is COc1cc2c3c(c1OC)C1(C=CC(=O)C=C1)CC3[NH2+]CC2.O=S(=O)([O-])O. The summed E-state index contributed by atoms with van der Waals surface area (Å²) in [6.07, 6.45) is 9.46. The van der Waals surface area contributed by atoms with Crippen molar-refractivity contribution in [3.05, 3.63) is 47.1 Å². The Morgan fingerprint density at radius 3 is 2.44 bits per heavy atom. The quantitative estimate of drug-likeness (QED) is 0.541. The Labute approximate surface area is 157 Å². The van der Waals surface area contributed by atoms with Gasteiger partial charge in [0.1, 0.15) is 6.04 Å². The van der Waals surface area contributed by atoms with Crippen LogP contribution in [0, 0.1) is 0 Å². The summed E-state index contributed by atoms with van der Waals surface area (Å²) in [6, 6.07) is 2.55. The third-order valence-electron chi connectivity index (χ3n) is 5.14. The molecule has 0 bridgehead atoms. The van der Waals surface area contributed by atoms with Crippen LogP contribution in [0.5, 0.6) is 11.5 Å². The molecule has 9 heteroatoms. The van der Waals surface area contributed by atoms with Crippen LogP contribution in [-0.2, 0) is 27.0 Å². The van der Waals surface area contributed by atoms with Crippen molar-refractivity contribution >= 4 is 16.2 Å². The van der Waals surface area contributed by atoms with Gasteiger partial charge in [0, 0.05) is 29.4 Å². The number of methoxy groups -OCH3 is 2. The van der Waals surface area contributed by atoms with E-state index < -0.39 is 10.4 Å². The molecule has 3 aliphatic rings. The number of benzene rings is 1. The molecule has 0 aromatic heterocycles. The van der Waals surface area contributed by atoms with Crippen molar-refractivity contribution in [3.63, 3.8) is 0 Å². The van der Waals surface area contributed by atoms with Gasteiger partial charge in [0.2, 0.25) is 10.4 Å². The highest BCUT2D eigenvalue weighted by Gasteiger charge is 2.49. The summed E-state index contributed by atoms with van der Waals surface area (Å²) in [6.45, 7) is 1.09. The van der Waals surface area contributed by atoms with E-state index in [-0.39, 0.29) is 11.2 Å². The number of hydrogen-bond donors (Lipinski definition) is 2. The predicted molar refractivity (Wildman–Crippen MR) is 94.7 cm³/mol. The molecule has 1 spiro atoms. The van der Waals surface area contributed by atoms with Crippen LogP contribution in [0.4, 0.5) is 0 Å². The lowest BCUT2D eigenvalue weighted by Crippen LogP contribution is -2.86. The Morgan fingerprint density at radius 2 is 1.89 bits per heavy atom. The lowest BCUT2D eigenvalue weighted by Gasteiger charge is -2.27. The van der Waals surface area contributed by atoms with Crippen LogP contribution >= 0.6 is 0 Å². The summed E-state index contributed by atoms with van der Waals surface area (Å²) in [5.74, 6) is 1.65. The molecule has 1 aromatic rings. The van der Waals surface area contributed by atoms with E-state index in [0.29, 0.717) is 6.04 Å². The number of hydrogen-bond acceptors (Lipinski definition) is 6. The lowest BCUT2D eigenvalue weighted by atomic mass is 9.77. The molecule has 0 amide bonds. The first-order chi connectivity index (χ1) is 12.7. The van der Waals surface area contributed by atoms with E-state index in [2.05, 4.69) is 11.4 Å². The zero-order valence-electron chi connectivity index (χ0n) is 15.0. The van der Waals surface area contributed by atoms with Crippen LogP contribution in [0.2, 0.25) is 0 Å². The number of carbonyl (C=O) groups is 1. The number of allylic oxidation sites excluding steroid dienone is 4. The first-order valence-electron chi connectivity index (χ1n) is 8.41. The molecule has 1 atom stereocenters. The number of quaternary nitrogens is 1. The molecule has 27 heavy (non-hydrogen) atoms. The second kappa shape index (κ2) is 7.08. The Hall–Kier alpha value is -2.20. The molecule has 0 fully saturated rings. The van der Waals surface area contributed by atoms with E-state index in [1.54, 1.807) is 26.4 Å². The van der Waals surface area contributed by atoms with Crippen molar-refractivity contribution in [1.29, 1.82) is 0 Å². The summed E-state index contributed by atoms with van der Waals surface area (Å²) < 4.78 is 44.1. The Morgan fingerprint density at radius 1 is 1.26 bits per heavy atom. The van der Waals surface area contributed by atoms with Gasteiger partial charge in [-0.25, -0.2) is 8.42 Å². The first kappa shape index (κ1) is 19.6. The Kier molecular flexibility index (Phi) is 5.13. The summed E-state index contributed by atoms with van der Waals surface area (Å²) in [7, 11) is -1.54. The predicted octanol–water partition coefficient (Wildman–Crippen LogP) is 0.206. The first-order valence-corrected chi connectivity index (χ1v) is 9.77. The van der Waals surface area contributed by atoms with E-state index >= 15 is 0 Å². The molecule has 1 unspecified atom stereocenters. The number of fused-ring (bicyclic) bond motifs is 1. The highest BCUT2D eigenvalue weighted by atomic mass is 32.3. The van der Waals surface area contributed by atoms with Gasteiger partial charge in [0.25, 0.3) is 0 Å². The van der Waals surface area contributed by atoms with Crippen molar-refractivity contribution in [2.24, 2.45) is 0 Å². The molecule has 146 valence electrons. The van der Waals surface area contributed by atoms with Gasteiger partial charge in [-0.1, -0.05) is 12.2 Å². The van der Waals surface area contributed by atoms with Crippen molar-refractivity contribution in [2.45, 2.75) is 24.3 Å². The standard InChI is InChI=1S/C18H19NO3.H2O4S/c1-21-14-9-11-5-8-19-13-10-18(6-3-12(20)4-7-18)16(15(11)13)17(14)22-2;1-5(2,3)4/h3-4,6-7,9,13,19H,5,8,10H2,1-2H3;(H2,1,2,3,4). The number of nitrogens with two attached hydrogens (primary N) is 1. The van der Waals surface area contributed by atoms with Gasteiger partial charge in [-0.3, -0.25) is 9.35 Å². The molecule has 0 radical (unpaired) electrons. The summed E-state index contributed by atoms with van der Waals surface area (Å²) >= 11 is 0. The third-order valence-corrected chi connectivity index (χ3v) is 5.14. The maximum atomic E-state index is 11.6. The molecule has 1 aromatic carbocycles. The molecule has 1 heterocycles. The van der Waals surface area contributed by atoms with Crippen LogP contribution in [0.1, 0.15) is 29.2 Å². The van der Waals surface area contributed by atoms with Crippen molar-refractivity contribution in [3.8, 4) is 11.5 Å². The second-order valence-electron chi connectivity index (χ2n) is 6.68. The lowest BCUT2D eigenvalue weighted by molar-refractivity contribution is -0.698. The maximum absolute atomic E-state index is 11.6. The fourth-order valence-corrected chi connectivity index (χ4v) is 4.24. The number of ether oxygens (including phenoxy) is 2. The van der Waals surface area contributed by atoms with Crippen LogP contribution < -0.4 is 14.8 Å². The van der Waals surface area contributed by atoms with E-state index in [9.17, 15) is 4.79 Å². The van der Waals surface area contributed by atoms with Gasteiger partial charge in [-0.05, 0) is 23.8 Å². The fourth-order valence-electron chi connectivity index (χ4n) is 4.24. The molecule has 1 aliphatic heterocycles. The minimum atomic E-state index is -4.92. The second-order valence-corrected chi connectivity index (χ2v) is 7.54.